The number of hydrogen-bond acceptors (Lipinski definition) is 3. The van der Waals surface area contributed by atoms with Gasteiger partial charge < -0.3 is 9.47 Å². The monoisotopic (exact) mass is 312 g/mol. The fourth-order valence-corrected chi connectivity index (χ4v) is 2.76. The van der Waals surface area contributed by atoms with E-state index in [2.05, 4.69) is 15.9 Å². The van der Waals surface area contributed by atoms with Crippen molar-refractivity contribution in [2.75, 3.05) is 13.7 Å². The van der Waals surface area contributed by atoms with Crippen LogP contribution in [-0.4, -0.2) is 19.5 Å². The number of para-hydroxylation sites is 1. The zero-order valence-corrected chi connectivity index (χ0v) is 12.0. The Morgan fingerprint density at radius 3 is 2.78 bits per heavy atom. The van der Waals surface area contributed by atoms with Gasteiger partial charge in [0, 0.05) is 5.92 Å². The summed E-state index contributed by atoms with van der Waals surface area (Å²) in [6.07, 6.45) is 4.34. The Morgan fingerprint density at radius 1 is 1.39 bits per heavy atom. The molecule has 0 spiro atoms. The Kier molecular flexibility index (Phi) is 4.64. The van der Waals surface area contributed by atoms with E-state index >= 15 is 0 Å². The summed E-state index contributed by atoms with van der Waals surface area (Å²) in [6, 6.07) is 5.56. The summed E-state index contributed by atoms with van der Waals surface area (Å²) in [6.45, 7) is 0.129. The molecule has 0 heterocycles. The van der Waals surface area contributed by atoms with Gasteiger partial charge in [0.1, 0.15) is 6.61 Å². The third kappa shape index (κ3) is 3.05. The minimum atomic E-state index is 0.129. The average molecular weight is 313 g/mol. The van der Waals surface area contributed by atoms with E-state index in [1.165, 1.54) is 0 Å². The lowest BCUT2D eigenvalue weighted by atomic mass is 10.0. The van der Waals surface area contributed by atoms with Crippen LogP contribution in [0.15, 0.2) is 22.7 Å². The van der Waals surface area contributed by atoms with E-state index in [9.17, 15) is 4.79 Å². The molecule has 0 amide bonds. The lowest BCUT2D eigenvalue weighted by molar-refractivity contribution is -0.124. The van der Waals surface area contributed by atoms with Crippen LogP contribution < -0.4 is 9.47 Å². The molecule has 98 valence electrons. The van der Waals surface area contributed by atoms with Gasteiger partial charge in [-0.25, -0.2) is 0 Å². The van der Waals surface area contributed by atoms with Crippen LogP contribution in [0.5, 0.6) is 11.5 Å². The molecular weight excluding hydrogens is 296 g/mol. The van der Waals surface area contributed by atoms with Crippen molar-refractivity contribution in [3.8, 4) is 11.5 Å². The van der Waals surface area contributed by atoms with Crippen LogP contribution in [0.3, 0.4) is 0 Å². The molecule has 1 aliphatic carbocycles. The molecule has 2 rings (SSSR count). The second-order valence-electron chi connectivity index (χ2n) is 4.51. The van der Waals surface area contributed by atoms with Crippen LogP contribution >= 0.6 is 15.9 Å². The smallest absolute Gasteiger partial charge is 0.175 e. The molecule has 3 nitrogen and oxygen atoms in total. The number of ketones is 1. The van der Waals surface area contributed by atoms with Gasteiger partial charge in [0.05, 0.1) is 11.6 Å². The molecule has 0 aromatic heterocycles. The van der Waals surface area contributed by atoms with E-state index in [-0.39, 0.29) is 18.3 Å². The van der Waals surface area contributed by atoms with E-state index in [1.807, 2.05) is 18.2 Å². The molecule has 1 saturated carbocycles. The first-order valence-corrected chi connectivity index (χ1v) is 6.99. The van der Waals surface area contributed by atoms with Crippen molar-refractivity contribution < 1.29 is 14.3 Å². The number of carbonyl (C=O) groups excluding carboxylic acids is 1. The predicted molar refractivity (Wildman–Crippen MR) is 73.2 cm³/mol. The van der Waals surface area contributed by atoms with Gasteiger partial charge in [-0.2, -0.15) is 0 Å². The standard InChI is InChI=1S/C14H17BrO3/c1-17-13-8-4-7-11(15)14(13)18-9-12(16)10-5-2-3-6-10/h4,7-8,10H,2-3,5-6,9H2,1H3. The first-order valence-electron chi connectivity index (χ1n) is 6.20. The third-order valence-electron chi connectivity index (χ3n) is 3.32. The van der Waals surface area contributed by atoms with E-state index < -0.39 is 0 Å². The highest BCUT2D eigenvalue weighted by Crippen LogP contribution is 2.35. The molecule has 0 bridgehead atoms. The van der Waals surface area contributed by atoms with Crippen LogP contribution in [0.1, 0.15) is 25.7 Å². The molecule has 1 aromatic carbocycles. The van der Waals surface area contributed by atoms with Crippen molar-refractivity contribution >= 4 is 21.7 Å². The molecule has 1 aliphatic rings. The van der Waals surface area contributed by atoms with E-state index in [4.69, 9.17) is 9.47 Å². The molecule has 0 aliphatic heterocycles. The molecule has 0 saturated heterocycles. The first-order chi connectivity index (χ1) is 8.72. The van der Waals surface area contributed by atoms with Gasteiger partial charge in [-0.05, 0) is 40.9 Å². The van der Waals surface area contributed by atoms with Crippen molar-refractivity contribution in [1.29, 1.82) is 0 Å². The second-order valence-corrected chi connectivity index (χ2v) is 5.36. The maximum absolute atomic E-state index is 11.9. The molecule has 0 unspecified atom stereocenters. The maximum atomic E-state index is 11.9. The highest BCUT2D eigenvalue weighted by atomic mass is 79.9. The fourth-order valence-electron chi connectivity index (χ4n) is 2.30. The number of Topliss-reactive ketones (excluding diaryl/α,β-unsaturated/α-hetero) is 1. The van der Waals surface area contributed by atoms with Gasteiger partial charge >= 0.3 is 0 Å². The highest BCUT2D eigenvalue weighted by Gasteiger charge is 2.23. The fraction of sp³-hybridized carbons (Fsp3) is 0.500. The molecule has 0 radical (unpaired) electrons. The number of methoxy groups -OCH3 is 1. The summed E-state index contributed by atoms with van der Waals surface area (Å²) >= 11 is 3.41. The first kappa shape index (κ1) is 13.4. The van der Waals surface area contributed by atoms with Gasteiger partial charge in [-0.3, -0.25) is 4.79 Å². The average Bonchev–Trinajstić information content (AvgIpc) is 2.90. The second kappa shape index (κ2) is 6.23. The number of halogens is 1. The quantitative estimate of drug-likeness (QED) is 0.833. The van der Waals surface area contributed by atoms with Crippen LogP contribution in [-0.2, 0) is 4.79 Å². The van der Waals surface area contributed by atoms with Crippen molar-refractivity contribution in [3.05, 3.63) is 22.7 Å². The molecule has 1 aromatic rings. The number of ether oxygens (including phenoxy) is 2. The zero-order valence-electron chi connectivity index (χ0n) is 10.4. The van der Waals surface area contributed by atoms with Crippen molar-refractivity contribution in [1.82, 2.24) is 0 Å². The van der Waals surface area contributed by atoms with Crippen LogP contribution in [0.25, 0.3) is 0 Å². The number of rotatable bonds is 5. The van der Waals surface area contributed by atoms with E-state index in [1.54, 1.807) is 7.11 Å². The van der Waals surface area contributed by atoms with Crippen LogP contribution in [0.2, 0.25) is 0 Å². The Hall–Kier alpha value is -1.03. The van der Waals surface area contributed by atoms with E-state index in [0.717, 1.165) is 30.2 Å². The summed E-state index contributed by atoms with van der Waals surface area (Å²) in [5, 5.41) is 0. The molecule has 0 atom stereocenters. The summed E-state index contributed by atoms with van der Waals surface area (Å²) in [5.74, 6) is 1.64. The number of carbonyl (C=O) groups is 1. The molecule has 4 heteroatoms. The van der Waals surface area contributed by atoms with Crippen molar-refractivity contribution in [2.24, 2.45) is 5.92 Å². The number of hydrogen-bond donors (Lipinski definition) is 0. The Balaban J connectivity index is 1.99. The maximum Gasteiger partial charge on any atom is 0.175 e. The van der Waals surface area contributed by atoms with Gasteiger partial charge in [0.25, 0.3) is 0 Å². The normalized spacial score (nSPS) is 15.7. The SMILES string of the molecule is COc1cccc(Br)c1OCC(=O)C1CCCC1. The third-order valence-corrected chi connectivity index (χ3v) is 3.94. The zero-order chi connectivity index (χ0) is 13.0. The summed E-state index contributed by atoms with van der Waals surface area (Å²) in [5.41, 5.74) is 0. The van der Waals surface area contributed by atoms with E-state index in [0.29, 0.717) is 11.5 Å². The van der Waals surface area contributed by atoms with Crippen molar-refractivity contribution in [3.63, 3.8) is 0 Å². The topological polar surface area (TPSA) is 35.5 Å². The van der Waals surface area contributed by atoms with Crippen molar-refractivity contribution in [2.45, 2.75) is 25.7 Å². The highest BCUT2D eigenvalue weighted by molar-refractivity contribution is 9.10. The summed E-state index contributed by atoms with van der Waals surface area (Å²) in [7, 11) is 1.59. The summed E-state index contributed by atoms with van der Waals surface area (Å²) in [4.78, 5) is 11.9. The molecular formula is C14H17BrO3. The lowest BCUT2D eigenvalue weighted by Crippen LogP contribution is -2.19. The lowest BCUT2D eigenvalue weighted by Gasteiger charge is -2.13. The van der Waals surface area contributed by atoms with Gasteiger partial charge in [-0.15, -0.1) is 0 Å². The Bertz CT molecular complexity index is 425. The number of benzene rings is 1. The predicted octanol–water partition coefficient (Wildman–Crippen LogP) is 3.60. The van der Waals surface area contributed by atoms with Gasteiger partial charge in [0.15, 0.2) is 17.3 Å². The molecule has 1 fully saturated rings. The molecule has 0 N–H and O–H groups in total. The van der Waals surface area contributed by atoms with Crippen LogP contribution in [0.4, 0.5) is 0 Å². The minimum Gasteiger partial charge on any atom is -0.493 e. The molecule has 18 heavy (non-hydrogen) atoms. The Labute approximate surface area is 116 Å². The van der Waals surface area contributed by atoms with Gasteiger partial charge in [0.2, 0.25) is 0 Å². The summed E-state index contributed by atoms with van der Waals surface area (Å²) < 4.78 is 11.6. The van der Waals surface area contributed by atoms with Gasteiger partial charge in [-0.1, -0.05) is 18.9 Å². The Morgan fingerprint density at radius 2 is 2.11 bits per heavy atom. The van der Waals surface area contributed by atoms with Crippen LogP contribution in [0, 0.1) is 5.92 Å². The largest absolute Gasteiger partial charge is 0.493 e. The minimum absolute atomic E-state index is 0.129.